The Morgan fingerprint density at radius 3 is 2.52 bits per heavy atom. The van der Waals surface area contributed by atoms with Crippen molar-refractivity contribution in [3.8, 4) is 11.8 Å². The first-order valence-corrected chi connectivity index (χ1v) is 13.2. The fraction of sp³-hybridized carbons (Fsp3) is 0.444. The first-order chi connectivity index (χ1) is 18.8. The molecular weight excluding hydrogens is 545 g/mol. The molecule has 0 aliphatic heterocycles. The number of thiophene rings is 1. The third kappa shape index (κ3) is 5.64. The Balaban J connectivity index is 2.40. The van der Waals surface area contributed by atoms with Crippen molar-refractivity contribution in [2.24, 2.45) is 5.92 Å². The number of hydrogen-bond donors (Lipinski definition) is 1. The molecular formula is C27H30FN3O8S. The molecule has 2 heterocycles. The number of carboxylic acids is 1. The van der Waals surface area contributed by atoms with E-state index in [1.807, 2.05) is 6.07 Å². The summed E-state index contributed by atoms with van der Waals surface area (Å²) in [6.45, 7) is 6.83. The summed E-state index contributed by atoms with van der Waals surface area (Å²) in [6, 6.07) is 5.78. The van der Waals surface area contributed by atoms with E-state index in [1.165, 1.54) is 46.1 Å². The summed E-state index contributed by atoms with van der Waals surface area (Å²) in [5.74, 6) is -3.06. The SMILES string of the molecule is CCOC(=O)c1sc2c(c1C)c(=O)n(C(C)(C)C(=O)O)c(=O)n2C[C@H](OCC(C)C#N)c1cc(F)ccc1OC. The normalized spacial score (nSPS) is 13.1. The number of hydrogen-bond acceptors (Lipinski definition) is 9. The van der Waals surface area contributed by atoms with Gasteiger partial charge in [-0.25, -0.2) is 23.3 Å². The molecule has 1 N–H and O–H groups in total. The van der Waals surface area contributed by atoms with E-state index in [9.17, 15) is 33.9 Å². The van der Waals surface area contributed by atoms with Gasteiger partial charge in [0.05, 0.1) is 44.2 Å². The van der Waals surface area contributed by atoms with Crippen LogP contribution in [0, 0.1) is 30.0 Å². The van der Waals surface area contributed by atoms with Crippen molar-refractivity contribution in [1.82, 2.24) is 9.13 Å². The van der Waals surface area contributed by atoms with Gasteiger partial charge in [-0.1, -0.05) is 0 Å². The van der Waals surface area contributed by atoms with E-state index in [2.05, 4.69) is 0 Å². The molecule has 0 bridgehead atoms. The van der Waals surface area contributed by atoms with Crippen molar-refractivity contribution in [2.75, 3.05) is 20.3 Å². The molecule has 214 valence electrons. The summed E-state index contributed by atoms with van der Waals surface area (Å²) in [6.07, 6.45) is -1.07. The van der Waals surface area contributed by atoms with Gasteiger partial charge in [0.1, 0.15) is 32.9 Å². The van der Waals surface area contributed by atoms with Gasteiger partial charge in [0.25, 0.3) is 5.56 Å². The highest BCUT2D eigenvalue weighted by molar-refractivity contribution is 7.20. The van der Waals surface area contributed by atoms with Crippen LogP contribution in [0.15, 0.2) is 27.8 Å². The van der Waals surface area contributed by atoms with Crippen molar-refractivity contribution >= 4 is 33.5 Å². The molecule has 2 atom stereocenters. The molecule has 0 spiro atoms. The van der Waals surface area contributed by atoms with Crippen LogP contribution in [-0.2, 0) is 26.4 Å². The minimum atomic E-state index is -1.97. The summed E-state index contributed by atoms with van der Waals surface area (Å²) < 4.78 is 32.6. The van der Waals surface area contributed by atoms with Crippen LogP contribution in [-0.4, -0.2) is 46.5 Å². The zero-order valence-electron chi connectivity index (χ0n) is 22.9. The largest absolute Gasteiger partial charge is 0.496 e. The Morgan fingerprint density at radius 1 is 1.27 bits per heavy atom. The fourth-order valence-electron chi connectivity index (χ4n) is 4.15. The summed E-state index contributed by atoms with van der Waals surface area (Å²) >= 11 is 0.848. The number of methoxy groups -OCH3 is 1. The van der Waals surface area contributed by atoms with Crippen LogP contribution in [0.4, 0.5) is 4.39 Å². The average molecular weight is 576 g/mol. The van der Waals surface area contributed by atoms with Gasteiger partial charge in [-0.3, -0.25) is 9.36 Å². The highest BCUT2D eigenvalue weighted by Crippen LogP contribution is 2.34. The lowest BCUT2D eigenvalue weighted by molar-refractivity contribution is -0.146. The number of aromatic nitrogens is 2. The zero-order valence-corrected chi connectivity index (χ0v) is 23.8. The van der Waals surface area contributed by atoms with Gasteiger partial charge in [-0.2, -0.15) is 5.26 Å². The van der Waals surface area contributed by atoms with Crippen LogP contribution >= 0.6 is 11.3 Å². The number of nitriles is 1. The van der Waals surface area contributed by atoms with E-state index >= 15 is 0 Å². The van der Waals surface area contributed by atoms with Gasteiger partial charge in [0.15, 0.2) is 0 Å². The molecule has 1 unspecified atom stereocenters. The van der Waals surface area contributed by atoms with Gasteiger partial charge in [0.2, 0.25) is 0 Å². The topological polar surface area (TPSA) is 150 Å². The predicted octanol–water partition coefficient (Wildman–Crippen LogP) is 3.59. The van der Waals surface area contributed by atoms with E-state index in [1.54, 1.807) is 13.8 Å². The molecule has 3 aromatic rings. The summed E-state index contributed by atoms with van der Waals surface area (Å²) in [5.41, 5.74) is -3.37. The van der Waals surface area contributed by atoms with Gasteiger partial charge in [-0.05, 0) is 58.4 Å². The number of benzene rings is 1. The Bertz CT molecular complexity index is 1610. The minimum Gasteiger partial charge on any atom is -0.496 e. The van der Waals surface area contributed by atoms with Gasteiger partial charge in [0, 0.05) is 5.56 Å². The lowest BCUT2D eigenvalue weighted by Gasteiger charge is -2.26. The lowest BCUT2D eigenvalue weighted by atomic mass is 10.0. The number of carboxylic acid groups (broad SMARTS) is 1. The Kier molecular flexibility index (Phi) is 9.17. The minimum absolute atomic E-state index is 0.0303. The maximum Gasteiger partial charge on any atom is 0.348 e. The van der Waals surface area contributed by atoms with Crippen LogP contribution in [0.5, 0.6) is 5.75 Å². The second-order valence-corrected chi connectivity index (χ2v) is 10.6. The zero-order chi connectivity index (χ0) is 29.9. The number of rotatable bonds is 11. The van der Waals surface area contributed by atoms with E-state index in [4.69, 9.17) is 14.2 Å². The van der Waals surface area contributed by atoms with Crippen molar-refractivity contribution in [3.05, 3.63) is 60.9 Å². The van der Waals surface area contributed by atoms with Crippen molar-refractivity contribution < 1.29 is 33.3 Å². The molecule has 0 saturated carbocycles. The molecule has 2 aromatic heterocycles. The quantitative estimate of drug-likeness (QED) is 0.338. The smallest absolute Gasteiger partial charge is 0.348 e. The van der Waals surface area contributed by atoms with Gasteiger partial charge >= 0.3 is 17.6 Å². The predicted molar refractivity (Wildman–Crippen MR) is 144 cm³/mol. The second-order valence-electron chi connectivity index (χ2n) is 9.59. The van der Waals surface area contributed by atoms with Gasteiger partial charge in [-0.15, -0.1) is 11.3 Å². The molecule has 3 rings (SSSR count). The van der Waals surface area contributed by atoms with Crippen LogP contribution < -0.4 is 16.0 Å². The van der Waals surface area contributed by atoms with Crippen LogP contribution in [0.3, 0.4) is 0 Å². The molecule has 40 heavy (non-hydrogen) atoms. The molecule has 0 fully saturated rings. The summed E-state index contributed by atoms with van der Waals surface area (Å²) in [4.78, 5) is 52.5. The number of nitrogens with zero attached hydrogens (tertiary/aromatic N) is 3. The number of halogens is 1. The Labute approximate surface area is 232 Å². The molecule has 0 radical (unpaired) electrons. The lowest BCUT2D eigenvalue weighted by Crippen LogP contribution is -2.52. The van der Waals surface area contributed by atoms with Crippen LogP contribution in [0.1, 0.15) is 54.6 Å². The fourth-order valence-corrected chi connectivity index (χ4v) is 5.34. The molecule has 1 aromatic carbocycles. The van der Waals surface area contributed by atoms with E-state index in [-0.39, 0.29) is 51.7 Å². The average Bonchev–Trinajstić information content (AvgIpc) is 3.25. The van der Waals surface area contributed by atoms with Crippen LogP contribution in [0.2, 0.25) is 0 Å². The maximum atomic E-state index is 14.4. The third-order valence-corrected chi connectivity index (χ3v) is 7.71. The highest BCUT2D eigenvalue weighted by atomic mass is 32.1. The molecule has 0 aliphatic carbocycles. The van der Waals surface area contributed by atoms with Crippen molar-refractivity contribution in [2.45, 2.75) is 52.8 Å². The Hall–Kier alpha value is -4.02. The number of carbonyl (C=O) groups is 2. The first-order valence-electron chi connectivity index (χ1n) is 12.3. The number of ether oxygens (including phenoxy) is 3. The highest BCUT2D eigenvalue weighted by Gasteiger charge is 2.36. The first kappa shape index (κ1) is 30.5. The third-order valence-electron chi connectivity index (χ3n) is 6.41. The maximum absolute atomic E-state index is 14.4. The molecule has 11 nitrogen and oxygen atoms in total. The number of fused-ring (bicyclic) bond motifs is 1. The molecule has 13 heteroatoms. The summed E-state index contributed by atoms with van der Waals surface area (Å²) in [7, 11) is 1.37. The Morgan fingerprint density at radius 2 is 1.95 bits per heavy atom. The monoisotopic (exact) mass is 575 g/mol. The number of esters is 1. The number of aliphatic carboxylic acids is 1. The summed E-state index contributed by atoms with van der Waals surface area (Å²) in [5, 5.41) is 19.1. The molecule has 0 aliphatic rings. The van der Waals surface area contributed by atoms with Crippen molar-refractivity contribution in [3.63, 3.8) is 0 Å². The number of carbonyl (C=O) groups excluding carboxylic acids is 1. The molecule has 0 saturated heterocycles. The second kappa shape index (κ2) is 12.0. The van der Waals surface area contributed by atoms with Gasteiger partial charge < -0.3 is 19.3 Å². The van der Waals surface area contributed by atoms with Crippen molar-refractivity contribution in [1.29, 1.82) is 5.26 Å². The van der Waals surface area contributed by atoms with E-state index in [0.717, 1.165) is 15.9 Å². The van der Waals surface area contributed by atoms with E-state index in [0.29, 0.717) is 4.57 Å². The van der Waals surface area contributed by atoms with E-state index < -0.39 is 46.6 Å². The van der Waals surface area contributed by atoms with Crippen LogP contribution in [0.25, 0.3) is 10.2 Å². The standard InChI is InChI=1S/C27H30FN3O8S/c1-7-38-24(33)21-15(3)20-22(32)31(27(4,5)25(34)35)26(36)30(23(20)40-21)12-19(39-13-14(2)11-29)17-10-16(28)8-9-18(17)37-6/h8-10,14,19H,7,12-13H2,1-6H3,(H,34,35)/t14?,19-/m0/s1. The number of aryl methyl sites for hydroxylation is 1. The molecule has 0 amide bonds.